The van der Waals surface area contributed by atoms with Crippen molar-refractivity contribution in [2.75, 3.05) is 18.5 Å². The van der Waals surface area contributed by atoms with Gasteiger partial charge in [-0.3, -0.25) is 4.79 Å². The predicted molar refractivity (Wildman–Crippen MR) is 107 cm³/mol. The first kappa shape index (κ1) is 22.1. The average molecular weight is 448 g/mol. The minimum absolute atomic E-state index is 0.0703. The number of H-pyrrole nitrogens is 1. The van der Waals surface area contributed by atoms with Crippen LogP contribution in [0.2, 0.25) is 15.1 Å². The third kappa shape index (κ3) is 4.98. The Morgan fingerprint density at radius 1 is 1.00 bits per heavy atom. The lowest BCUT2D eigenvalue weighted by Gasteiger charge is -2.09. The number of halogens is 3. The van der Waals surface area contributed by atoms with Crippen molar-refractivity contribution in [3.8, 4) is 0 Å². The van der Waals surface area contributed by atoms with Crippen molar-refractivity contribution >= 4 is 58.3 Å². The highest BCUT2D eigenvalue weighted by atomic mass is 35.5. The van der Waals surface area contributed by atoms with Crippen molar-refractivity contribution in [2.24, 2.45) is 0 Å². The predicted octanol–water partition coefficient (Wildman–Crippen LogP) is 4.56. The first-order chi connectivity index (χ1) is 13.1. The molecule has 0 aliphatic heterocycles. The number of aromatic amines is 1. The van der Waals surface area contributed by atoms with E-state index in [1.54, 1.807) is 20.8 Å². The maximum absolute atomic E-state index is 12.3. The molecule has 0 fully saturated rings. The van der Waals surface area contributed by atoms with Crippen LogP contribution >= 0.6 is 34.8 Å². The lowest BCUT2D eigenvalue weighted by atomic mass is 10.1. The van der Waals surface area contributed by atoms with Gasteiger partial charge in [0.05, 0.1) is 32.9 Å². The van der Waals surface area contributed by atoms with E-state index in [0.717, 1.165) is 0 Å². The Morgan fingerprint density at radius 3 is 2.29 bits per heavy atom. The lowest BCUT2D eigenvalue weighted by molar-refractivity contribution is -0.119. The highest BCUT2D eigenvalue weighted by Crippen LogP contribution is 2.32. The molecule has 150 valence electrons. The number of aromatic nitrogens is 1. The van der Waals surface area contributed by atoms with E-state index in [-0.39, 0.29) is 38.6 Å². The minimum atomic E-state index is -0.786. The van der Waals surface area contributed by atoms with Gasteiger partial charge < -0.3 is 19.8 Å². The number of aryl methyl sites for hydroxylation is 1. The molecule has 0 spiro atoms. The topological polar surface area (TPSA) is 97.5 Å². The Morgan fingerprint density at radius 2 is 1.64 bits per heavy atom. The van der Waals surface area contributed by atoms with Gasteiger partial charge in [-0.2, -0.15) is 0 Å². The molecule has 2 rings (SSSR count). The molecule has 10 heteroatoms. The molecule has 1 amide bonds. The highest BCUT2D eigenvalue weighted by Gasteiger charge is 2.24. The fourth-order valence-corrected chi connectivity index (χ4v) is 3.07. The molecule has 1 aromatic heterocycles. The van der Waals surface area contributed by atoms with Crippen molar-refractivity contribution in [1.29, 1.82) is 0 Å². The Balaban J connectivity index is 2.04. The summed E-state index contributed by atoms with van der Waals surface area (Å²) in [7, 11) is 0. The molecule has 1 aromatic carbocycles. The number of rotatable bonds is 6. The van der Waals surface area contributed by atoms with Crippen LogP contribution in [-0.2, 0) is 14.3 Å². The second-order valence-corrected chi connectivity index (χ2v) is 6.94. The van der Waals surface area contributed by atoms with Crippen LogP contribution in [0, 0.1) is 13.8 Å². The number of benzene rings is 1. The van der Waals surface area contributed by atoms with Crippen LogP contribution in [0.25, 0.3) is 0 Å². The number of hydrogen-bond acceptors (Lipinski definition) is 5. The molecule has 0 saturated heterocycles. The summed E-state index contributed by atoms with van der Waals surface area (Å²) in [4.78, 5) is 39.1. The largest absolute Gasteiger partial charge is 0.462 e. The van der Waals surface area contributed by atoms with E-state index in [2.05, 4.69) is 10.3 Å². The van der Waals surface area contributed by atoms with Gasteiger partial charge in [-0.15, -0.1) is 0 Å². The zero-order valence-corrected chi connectivity index (χ0v) is 17.5. The summed E-state index contributed by atoms with van der Waals surface area (Å²) in [6, 6.07) is 2.77. The number of nitrogens with one attached hydrogen (secondary N) is 2. The van der Waals surface area contributed by atoms with Gasteiger partial charge in [-0.25, -0.2) is 9.59 Å². The van der Waals surface area contributed by atoms with Crippen molar-refractivity contribution in [1.82, 2.24) is 4.98 Å². The first-order valence-electron chi connectivity index (χ1n) is 8.13. The number of amides is 1. The second-order valence-electron chi connectivity index (χ2n) is 5.72. The van der Waals surface area contributed by atoms with Gasteiger partial charge in [0.15, 0.2) is 6.61 Å². The van der Waals surface area contributed by atoms with Crippen LogP contribution in [0.15, 0.2) is 12.1 Å². The van der Waals surface area contributed by atoms with Crippen molar-refractivity contribution < 1.29 is 23.9 Å². The summed E-state index contributed by atoms with van der Waals surface area (Å²) in [5.41, 5.74) is 1.42. The fourth-order valence-electron chi connectivity index (χ4n) is 2.47. The molecular formula is C18H17Cl3N2O5. The third-order valence-corrected chi connectivity index (χ3v) is 4.77. The molecule has 2 N–H and O–H groups in total. The van der Waals surface area contributed by atoms with E-state index in [4.69, 9.17) is 44.3 Å². The van der Waals surface area contributed by atoms with Crippen molar-refractivity contribution in [3.63, 3.8) is 0 Å². The van der Waals surface area contributed by atoms with E-state index in [1.807, 2.05) is 0 Å². The van der Waals surface area contributed by atoms with Gasteiger partial charge in [-0.05, 0) is 38.5 Å². The summed E-state index contributed by atoms with van der Waals surface area (Å²) in [5.74, 6) is -1.95. The molecule has 28 heavy (non-hydrogen) atoms. The number of carbonyl (C=O) groups excluding carboxylic acids is 3. The Bertz CT molecular complexity index is 940. The van der Waals surface area contributed by atoms with Crippen LogP contribution in [0.1, 0.15) is 39.0 Å². The number of carbonyl (C=O) groups is 3. The van der Waals surface area contributed by atoms with Gasteiger partial charge in [0, 0.05) is 5.69 Å². The van der Waals surface area contributed by atoms with E-state index < -0.39 is 24.5 Å². The summed E-state index contributed by atoms with van der Waals surface area (Å²) in [6.45, 7) is 4.54. The Kier molecular flexibility index (Phi) is 7.35. The molecule has 0 aliphatic carbocycles. The van der Waals surface area contributed by atoms with Crippen LogP contribution in [0.5, 0.6) is 0 Å². The Labute approximate surface area is 176 Å². The van der Waals surface area contributed by atoms with E-state index in [1.165, 1.54) is 12.1 Å². The van der Waals surface area contributed by atoms with Gasteiger partial charge in [0.1, 0.15) is 5.69 Å². The zero-order chi connectivity index (χ0) is 21.0. The van der Waals surface area contributed by atoms with Crippen molar-refractivity contribution in [3.05, 3.63) is 49.7 Å². The SMILES string of the molecule is CCOC(=O)c1c(C)[nH]c(C(=O)OCC(=O)Nc2cc(Cl)c(Cl)cc2Cl)c1C. The molecule has 0 unspecified atom stereocenters. The zero-order valence-electron chi connectivity index (χ0n) is 15.2. The normalized spacial score (nSPS) is 10.5. The third-order valence-electron chi connectivity index (χ3n) is 3.74. The maximum atomic E-state index is 12.3. The maximum Gasteiger partial charge on any atom is 0.355 e. The monoisotopic (exact) mass is 446 g/mol. The number of hydrogen-bond donors (Lipinski definition) is 2. The highest BCUT2D eigenvalue weighted by molar-refractivity contribution is 6.44. The molecule has 7 nitrogen and oxygen atoms in total. The number of esters is 2. The Hall–Kier alpha value is -2.22. The molecule has 1 heterocycles. The summed E-state index contributed by atoms with van der Waals surface area (Å²) in [6.07, 6.45) is 0. The number of ether oxygens (including phenoxy) is 2. The van der Waals surface area contributed by atoms with Gasteiger partial charge in [0.2, 0.25) is 0 Å². The van der Waals surface area contributed by atoms with E-state index >= 15 is 0 Å². The van der Waals surface area contributed by atoms with Crippen molar-refractivity contribution in [2.45, 2.75) is 20.8 Å². The molecule has 0 aliphatic rings. The van der Waals surface area contributed by atoms with Gasteiger partial charge >= 0.3 is 11.9 Å². The average Bonchev–Trinajstić information content (AvgIpc) is 2.92. The molecule has 0 radical (unpaired) electrons. The van der Waals surface area contributed by atoms with Gasteiger partial charge in [0.25, 0.3) is 5.91 Å². The standard InChI is InChI=1S/C18H17Cl3N2O5/c1-4-27-17(25)15-8(2)16(22-9(15)3)18(26)28-7-14(24)23-13-6-11(20)10(19)5-12(13)21/h5-6,22H,4,7H2,1-3H3,(H,23,24). The summed E-state index contributed by atoms with van der Waals surface area (Å²) < 4.78 is 9.98. The van der Waals surface area contributed by atoms with Crippen LogP contribution in [0.4, 0.5) is 5.69 Å². The summed E-state index contributed by atoms with van der Waals surface area (Å²) in [5, 5.41) is 3.11. The van der Waals surface area contributed by atoms with Crippen LogP contribution in [0.3, 0.4) is 0 Å². The van der Waals surface area contributed by atoms with Crippen LogP contribution in [-0.4, -0.2) is 36.0 Å². The second kappa shape index (κ2) is 9.32. The fraction of sp³-hybridized carbons (Fsp3) is 0.278. The quantitative estimate of drug-likeness (QED) is 0.499. The first-order valence-corrected chi connectivity index (χ1v) is 9.26. The summed E-state index contributed by atoms with van der Waals surface area (Å²) >= 11 is 17.7. The minimum Gasteiger partial charge on any atom is -0.462 e. The van der Waals surface area contributed by atoms with Crippen LogP contribution < -0.4 is 5.32 Å². The molecule has 0 atom stereocenters. The van der Waals surface area contributed by atoms with E-state index in [9.17, 15) is 14.4 Å². The lowest BCUT2D eigenvalue weighted by Crippen LogP contribution is -2.21. The molecule has 2 aromatic rings. The van der Waals surface area contributed by atoms with Gasteiger partial charge in [-0.1, -0.05) is 34.8 Å². The molecular weight excluding hydrogens is 431 g/mol. The molecule has 0 bridgehead atoms. The molecule has 0 saturated carbocycles. The smallest absolute Gasteiger partial charge is 0.355 e. The number of anilines is 1. The van der Waals surface area contributed by atoms with E-state index in [0.29, 0.717) is 11.3 Å².